The van der Waals surface area contributed by atoms with Crippen LogP contribution in [0.5, 0.6) is 5.75 Å². The minimum Gasteiger partial charge on any atom is -0.496 e. The van der Waals surface area contributed by atoms with Gasteiger partial charge in [0.15, 0.2) is 0 Å². The minimum absolute atomic E-state index is 0.162. The standard InChI is InChI=1S/C19H17N3O3/c1-24-16-10-6-5-7-14(16)11-12-17(23)20-13-18-21-19(22-25-18)15-8-3-2-4-9-15/h2-12H,13H2,1H3,(H,20,23)/b12-11+. The second-order valence-corrected chi connectivity index (χ2v) is 5.17. The summed E-state index contributed by atoms with van der Waals surface area (Å²) in [5, 5.41) is 6.62. The summed E-state index contributed by atoms with van der Waals surface area (Å²) in [4.78, 5) is 16.2. The molecule has 0 bridgehead atoms. The maximum Gasteiger partial charge on any atom is 0.246 e. The first-order valence-corrected chi connectivity index (χ1v) is 7.73. The number of hydrogen-bond acceptors (Lipinski definition) is 5. The molecule has 1 heterocycles. The second-order valence-electron chi connectivity index (χ2n) is 5.17. The zero-order valence-corrected chi connectivity index (χ0v) is 13.7. The molecule has 0 saturated heterocycles. The van der Waals surface area contributed by atoms with Gasteiger partial charge in [-0.2, -0.15) is 4.98 Å². The Hall–Kier alpha value is -3.41. The van der Waals surface area contributed by atoms with Gasteiger partial charge in [-0.3, -0.25) is 4.79 Å². The summed E-state index contributed by atoms with van der Waals surface area (Å²) >= 11 is 0. The van der Waals surface area contributed by atoms with Crippen LogP contribution in [0, 0.1) is 0 Å². The molecule has 1 N–H and O–H groups in total. The van der Waals surface area contributed by atoms with Crippen LogP contribution >= 0.6 is 0 Å². The SMILES string of the molecule is COc1ccccc1/C=C/C(=O)NCc1nc(-c2ccccc2)no1. The first-order valence-electron chi connectivity index (χ1n) is 7.73. The van der Waals surface area contributed by atoms with Crippen molar-refractivity contribution in [1.82, 2.24) is 15.5 Å². The van der Waals surface area contributed by atoms with Crippen molar-refractivity contribution in [3.05, 3.63) is 72.1 Å². The number of carbonyl (C=O) groups is 1. The molecule has 3 aromatic rings. The Morgan fingerprint density at radius 2 is 1.92 bits per heavy atom. The lowest BCUT2D eigenvalue weighted by Gasteiger charge is -2.03. The van der Waals surface area contributed by atoms with Crippen molar-refractivity contribution in [2.24, 2.45) is 0 Å². The fourth-order valence-electron chi connectivity index (χ4n) is 2.22. The first-order chi connectivity index (χ1) is 12.3. The van der Waals surface area contributed by atoms with Gasteiger partial charge < -0.3 is 14.6 Å². The molecule has 0 unspecified atom stereocenters. The van der Waals surface area contributed by atoms with E-state index in [1.807, 2.05) is 54.6 Å². The molecule has 2 aromatic carbocycles. The van der Waals surface area contributed by atoms with Crippen LogP contribution in [0.1, 0.15) is 11.5 Å². The number of benzene rings is 2. The van der Waals surface area contributed by atoms with Gasteiger partial charge in [0.25, 0.3) is 0 Å². The number of methoxy groups -OCH3 is 1. The molecule has 0 fully saturated rings. The molecular weight excluding hydrogens is 318 g/mol. The summed E-state index contributed by atoms with van der Waals surface area (Å²) in [6, 6.07) is 16.9. The van der Waals surface area contributed by atoms with Crippen LogP contribution in [0.3, 0.4) is 0 Å². The van der Waals surface area contributed by atoms with E-state index in [0.29, 0.717) is 17.5 Å². The smallest absolute Gasteiger partial charge is 0.246 e. The predicted molar refractivity (Wildman–Crippen MR) is 93.6 cm³/mol. The molecule has 0 saturated carbocycles. The van der Waals surface area contributed by atoms with Crippen LogP contribution in [0.15, 0.2) is 65.2 Å². The van der Waals surface area contributed by atoms with Crippen LogP contribution in [-0.2, 0) is 11.3 Å². The van der Waals surface area contributed by atoms with Crippen molar-refractivity contribution >= 4 is 12.0 Å². The largest absolute Gasteiger partial charge is 0.496 e. The Balaban J connectivity index is 1.58. The van der Waals surface area contributed by atoms with Gasteiger partial charge in [0.05, 0.1) is 13.7 Å². The monoisotopic (exact) mass is 335 g/mol. The van der Waals surface area contributed by atoms with E-state index in [1.54, 1.807) is 13.2 Å². The van der Waals surface area contributed by atoms with E-state index in [9.17, 15) is 4.79 Å². The Kier molecular flexibility index (Phi) is 5.21. The van der Waals surface area contributed by atoms with E-state index >= 15 is 0 Å². The van der Waals surface area contributed by atoms with Crippen LogP contribution in [0.4, 0.5) is 0 Å². The van der Waals surface area contributed by atoms with Gasteiger partial charge in [-0.1, -0.05) is 53.7 Å². The molecule has 3 rings (SSSR count). The van der Waals surface area contributed by atoms with E-state index in [1.165, 1.54) is 6.08 Å². The summed E-state index contributed by atoms with van der Waals surface area (Å²) in [6.45, 7) is 0.162. The summed E-state index contributed by atoms with van der Waals surface area (Å²) < 4.78 is 10.4. The Morgan fingerprint density at radius 1 is 1.16 bits per heavy atom. The number of carbonyl (C=O) groups excluding carboxylic acids is 1. The fraction of sp³-hybridized carbons (Fsp3) is 0.105. The van der Waals surface area contributed by atoms with Crippen molar-refractivity contribution in [3.63, 3.8) is 0 Å². The topological polar surface area (TPSA) is 77.2 Å². The Bertz CT molecular complexity index is 872. The highest BCUT2D eigenvalue weighted by Gasteiger charge is 2.08. The van der Waals surface area contributed by atoms with Crippen molar-refractivity contribution in [2.75, 3.05) is 7.11 Å². The van der Waals surface area contributed by atoms with Crippen LogP contribution in [0.2, 0.25) is 0 Å². The number of nitrogens with one attached hydrogen (secondary N) is 1. The maximum absolute atomic E-state index is 11.9. The summed E-state index contributed by atoms with van der Waals surface area (Å²) in [5.41, 5.74) is 1.68. The van der Waals surface area contributed by atoms with Crippen molar-refractivity contribution in [2.45, 2.75) is 6.54 Å². The lowest BCUT2D eigenvalue weighted by Crippen LogP contribution is -2.20. The number of ether oxygens (including phenoxy) is 1. The third-order valence-corrected chi connectivity index (χ3v) is 3.47. The van der Waals surface area contributed by atoms with Gasteiger partial charge >= 0.3 is 0 Å². The minimum atomic E-state index is -0.259. The molecular formula is C19H17N3O3. The lowest BCUT2D eigenvalue weighted by molar-refractivity contribution is -0.116. The number of hydrogen-bond donors (Lipinski definition) is 1. The van der Waals surface area contributed by atoms with E-state index in [-0.39, 0.29) is 12.5 Å². The molecule has 0 spiro atoms. The highest BCUT2D eigenvalue weighted by molar-refractivity contribution is 5.92. The highest BCUT2D eigenvalue weighted by Crippen LogP contribution is 2.18. The van der Waals surface area contributed by atoms with Crippen LogP contribution < -0.4 is 10.1 Å². The maximum atomic E-state index is 11.9. The molecule has 1 amide bonds. The zero-order chi connectivity index (χ0) is 17.5. The average molecular weight is 335 g/mol. The molecule has 0 aliphatic carbocycles. The molecule has 1 aromatic heterocycles. The van der Waals surface area contributed by atoms with E-state index < -0.39 is 0 Å². The van der Waals surface area contributed by atoms with Crippen molar-refractivity contribution < 1.29 is 14.1 Å². The third kappa shape index (κ3) is 4.32. The molecule has 126 valence electrons. The molecule has 0 aliphatic rings. The van der Waals surface area contributed by atoms with Gasteiger partial charge in [-0.25, -0.2) is 0 Å². The fourth-order valence-corrected chi connectivity index (χ4v) is 2.22. The zero-order valence-electron chi connectivity index (χ0n) is 13.7. The number of amides is 1. The second kappa shape index (κ2) is 7.92. The van der Waals surface area contributed by atoms with Gasteiger partial charge in [-0.15, -0.1) is 0 Å². The van der Waals surface area contributed by atoms with Crippen molar-refractivity contribution in [3.8, 4) is 17.1 Å². The molecule has 0 radical (unpaired) electrons. The predicted octanol–water partition coefficient (Wildman–Crippen LogP) is 3.07. The molecule has 0 atom stereocenters. The van der Waals surface area contributed by atoms with Crippen LogP contribution in [0.25, 0.3) is 17.5 Å². The van der Waals surface area contributed by atoms with Gasteiger partial charge in [0.1, 0.15) is 5.75 Å². The van der Waals surface area contributed by atoms with Gasteiger partial charge in [0, 0.05) is 17.2 Å². The van der Waals surface area contributed by atoms with E-state index in [2.05, 4.69) is 15.5 Å². The molecule has 6 heteroatoms. The quantitative estimate of drug-likeness (QED) is 0.701. The first kappa shape index (κ1) is 16.4. The van der Waals surface area contributed by atoms with Gasteiger partial charge in [-0.05, 0) is 12.1 Å². The number of nitrogens with zero attached hydrogens (tertiary/aromatic N) is 2. The number of para-hydroxylation sites is 1. The molecule has 0 aliphatic heterocycles. The Morgan fingerprint density at radius 3 is 2.72 bits per heavy atom. The summed E-state index contributed by atoms with van der Waals surface area (Å²) in [7, 11) is 1.59. The van der Waals surface area contributed by atoms with E-state index in [0.717, 1.165) is 11.1 Å². The lowest BCUT2D eigenvalue weighted by atomic mass is 10.2. The molecule has 25 heavy (non-hydrogen) atoms. The van der Waals surface area contributed by atoms with Gasteiger partial charge in [0.2, 0.25) is 17.6 Å². The average Bonchev–Trinajstić information content (AvgIpc) is 3.14. The number of rotatable bonds is 6. The summed E-state index contributed by atoms with van der Waals surface area (Å²) in [5.74, 6) is 1.29. The van der Waals surface area contributed by atoms with Crippen LogP contribution in [-0.4, -0.2) is 23.2 Å². The third-order valence-electron chi connectivity index (χ3n) is 3.47. The Labute approximate surface area is 145 Å². The highest BCUT2D eigenvalue weighted by atomic mass is 16.5. The number of aromatic nitrogens is 2. The van der Waals surface area contributed by atoms with Crippen molar-refractivity contribution in [1.29, 1.82) is 0 Å². The molecule has 6 nitrogen and oxygen atoms in total. The van der Waals surface area contributed by atoms with E-state index in [4.69, 9.17) is 9.26 Å². The normalized spacial score (nSPS) is 10.8. The summed E-state index contributed by atoms with van der Waals surface area (Å²) in [6.07, 6.45) is 3.13.